The third-order valence-electron chi connectivity index (χ3n) is 3.11. The number of nitrogens with one attached hydrogen (secondary N) is 2. The molecule has 0 aliphatic carbocycles. The summed E-state index contributed by atoms with van der Waals surface area (Å²) >= 11 is 0. The van der Waals surface area contributed by atoms with Gasteiger partial charge in [-0.05, 0) is 24.6 Å². The van der Waals surface area contributed by atoms with Crippen molar-refractivity contribution in [1.82, 2.24) is 10.6 Å². The smallest absolute Gasteiger partial charge is 0.257 e. The molecule has 0 aliphatic rings. The van der Waals surface area contributed by atoms with Gasteiger partial charge < -0.3 is 30.6 Å². The van der Waals surface area contributed by atoms with Crippen molar-refractivity contribution in [3.8, 4) is 11.5 Å². The zero-order valence-corrected chi connectivity index (χ0v) is 15.5. The number of carbonyl (C=O) groups is 2. The van der Waals surface area contributed by atoms with E-state index in [0.717, 1.165) is 5.56 Å². The summed E-state index contributed by atoms with van der Waals surface area (Å²) in [7, 11) is 2.99. The minimum atomic E-state index is -0.711. The molecule has 0 aromatic heterocycles. The molecule has 0 heterocycles. The molecule has 0 saturated carbocycles. The highest BCUT2D eigenvalue weighted by molar-refractivity contribution is 5.85. The van der Waals surface area contributed by atoms with Crippen LogP contribution >= 0.6 is 12.4 Å². The summed E-state index contributed by atoms with van der Waals surface area (Å²) in [4.78, 5) is 23.2. The van der Waals surface area contributed by atoms with Gasteiger partial charge in [-0.15, -0.1) is 12.4 Å². The van der Waals surface area contributed by atoms with Crippen LogP contribution in [0.4, 0.5) is 0 Å². The average Bonchev–Trinajstić information content (AvgIpc) is 2.58. The fraction of sp³-hybridized carbons (Fsp3) is 0.500. The Balaban J connectivity index is 0.00000576. The van der Waals surface area contributed by atoms with Crippen LogP contribution in [0.25, 0.3) is 0 Å². The summed E-state index contributed by atoms with van der Waals surface area (Å²) in [5.74, 6) is 0.428. The van der Waals surface area contributed by atoms with Crippen molar-refractivity contribution in [3.63, 3.8) is 0 Å². The number of halogens is 1. The minimum Gasteiger partial charge on any atom is -0.493 e. The fourth-order valence-electron chi connectivity index (χ4n) is 1.91. The first kappa shape index (κ1) is 23.0. The number of hydrogen-bond donors (Lipinski definition) is 3. The molecule has 2 amide bonds. The number of benzene rings is 1. The normalized spacial score (nSPS) is 11.0. The lowest BCUT2D eigenvalue weighted by Gasteiger charge is -2.14. The topological polar surface area (TPSA) is 112 Å². The molecule has 1 rings (SSSR count). The monoisotopic (exact) mass is 375 g/mol. The number of nitrogens with two attached hydrogens (primary N) is 1. The molecule has 0 radical (unpaired) electrons. The molecular formula is C16H26ClN3O5. The van der Waals surface area contributed by atoms with Crippen molar-refractivity contribution in [2.24, 2.45) is 5.73 Å². The predicted molar refractivity (Wildman–Crippen MR) is 96.1 cm³/mol. The Bertz CT molecular complexity index is 557. The number of hydrogen-bond acceptors (Lipinski definition) is 6. The molecule has 0 bridgehead atoms. The summed E-state index contributed by atoms with van der Waals surface area (Å²) in [6.07, 6.45) is 0. The van der Waals surface area contributed by atoms with Crippen LogP contribution in [-0.4, -0.2) is 51.8 Å². The highest BCUT2D eigenvalue weighted by Crippen LogP contribution is 2.28. The molecule has 0 fully saturated rings. The Kier molecular flexibility index (Phi) is 11.3. The van der Waals surface area contributed by atoms with E-state index in [-0.39, 0.29) is 37.4 Å². The van der Waals surface area contributed by atoms with Crippen LogP contribution in [0, 0.1) is 0 Å². The third kappa shape index (κ3) is 8.06. The lowest BCUT2D eigenvalue weighted by Crippen LogP contribution is -2.43. The summed E-state index contributed by atoms with van der Waals surface area (Å²) < 4.78 is 15.5. The van der Waals surface area contributed by atoms with Crippen LogP contribution in [0.2, 0.25) is 0 Å². The molecular weight excluding hydrogens is 350 g/mol. The number of amides is 2. The first-order valence-electron chi connectivity index (χ1n) is 7.60. The van der Waals surface area contributed by atoms with Crippen LogP contribution in [-0.2, 0) is 20.9 Å². The van der Waals surface area contributed by atoms with E-state index in [9.17, 15) is 9.59 Å². The van der Waals surface area contributed by atoms with Crippen LogP contribution in [0.15, 0.2) is 18.2 Å². The number of ether oxygens (including phenoxy) is 3. The lowest BCUT2D eigenvalue weighted by atomic mass is 10.2. The zero-order valence-electron chi connectivity index (χ0n) is 14.7. The largest absolute Gasteiger partial charge is 0.493 e. The van der Waals surface area contributed by atoms with Gasteiger partial charge in [0.15, 0.2) is 18.1 Å². The summed E-state index contributed by atoms with van der Waals surface area (Å²) in [5.41, 5.74) is 6.46. The maximum absolute atomic E-state index is 11.8. The standard InChI is InChI=1S/C16H25N3O5.ClH/c1-4-18-15(20)10-24-13-6-5-11(7-14(13)23-3)8-19-16(21)12(17)9-22-2;/h5-7,12H,4,8-10,17H2,1-3H3,(H,18,20)(H,19,21);1H. The Hall–Kier alpha value is -2.03. The van der Waals surface area contributed by atoms with Gasteiger partial charge in [-0.3, -0.25) is 9.59 Å². The highest BCUT2D eigenvalue weighted by Gasteiger charge is 2.13. The van der Waals surface area contributed by atoms with Crippen molar-refractivity contribution in [1.29, 1.82) is 0 Å². The summed E-state index contributed by atoms with van der Waals surface area (Å²) in [6, 6.07) is 4.48. The van der Waals surface area contributed by atoms with E-state index in [4.69, 9.17) is 19.9 Å². The van der Waals surface area contributed by atoms with Gasteiger partial charge >= 0.3 is 0 Å². The molecule has 1 aromatic rings. The second-order valence-corrected chi connectivity index (χ2v) is 5.01. The molecule has 0 aliphatic heterocycles. The SMILES string of the molecule is CCNC(=O)COc1ccc(CNC(=O)C(N)COC)cc1OC.Cl. The van der Waals surface area contributed by atoms with Crippen LogP contribution in [0.3, 0.4) is 0 Å². The molecule has 1 atom stereocenters. The number of likely N-dealkylation sites (N-methyl/N-ethyl adjacent to an activating group) is 1. The molecule has 142 valence electrons. The van der Waals surface area contributed by atoms with Gasteiger partial charge in [-0.25, -0.2) is 0 Å². The third-order valence-corrected chi connectivity index (χ3v) is 3.11. The lowest BCUT2D eigenvalue weighted by molar-refractivity contribution is -0.124. The first-order chi connectivity index (χ1) is 11.5. The molecule has 8 nitrogen and oxygen atoms in total. The maximum atomic E-state index is 11.8. The van der Waals surface area contributed by atoms with Gasteiger partial charge in [0.25, 0.3) is 5.91 Å². The van der Waals surface area contributed by atoms with E-state index in [1.807, 2.05) is 6.92 Å². The molecule has 9 heteroatoms. The second kappa shape index (κ2) is 12.3. The zero-order chi connectivity index (χ0) is 17.9. The molecule has 1 unspecified atom stereocenters. The van der Waals surface area contributed by atoms with Crippen molar-refractivity contribution in [2.45, 2.75) is 19.5 Å². The van der Waals surface area contributed by atoms with Crippen molar-refractivity contribution < 1.29 is 23.8 Å². The van der Waals surface area contributed by atoms with E-state index >= 15 is 0 Å². The molecule has 0 saturated heterocycles. The minimum absolute atomic E-state index is 0. The van der Waals surface area contributed by atoms with Crippen molar-refractivity contribution in [2.75, 3.05) is 34.0 Å². The molecule has 0 spiro atoms. The fourth-order valence-corrected chi connectivity index (χ4v) is 1.91. The molecule has 25 heavy (non-hydrogen) atoms. The van der Waals surface area contributed by atoms with Gasteiger partial charge in [0.05, 0.1) is 13.7 Å². The average molecular weight is 376 g/mol. The highest BCUT2D eigenvalue weighted by atomic mass is 35.5. The van der Waals surface area contributed by atoms with E-state index in [0.29, 0.717) is 24.6 Å². The predicted octanol–water partition coefficient (Wildman–Crippen LogP) is 0.222. The second-order valence-electron chi connectivity index (χ2n) is 5.01. The van der Waals surface area contributed by atoms with Crippen molar-refractivity contribution >= 4 is 24.2 Å². The Morgan fingerprint density at radius 3 is 2.52 bits per heavy atom. The van der Waals surface area contributed by atoms with Crippen LogP contribution < -0.4 is 25.8 Å². The van der Waals surface area contributed by atoms with E-state index in [2.05, 4.69) is 10.6 Å². The van der Waals surface area contributed by atoms with E-state index < -0.39 is 6.04 Å². The quantitative estimate of drug-likeness (QED) is 0.539. The van der Waals surface area contributed by atoms with E-state index in [1.54, 1.807) is 18.2 Å². The summed E-state index contributed by atoms with van der Waals surface area (Å²) in [6.45, 7) is 2.74. The van der Waals surface area contributed by atoms with Gasteiger partial charge in [0.1, 0.15) is 6.04 Å². The number of methoxy groups -OCH3 is 2. The Morgan fingerprint density at radius 1 is 1.20 bits per heavy atom. The maximum Gasteiger partial charge on any atom is 0.257 e. The Labute approximate surface area is 153 Å². The first-order valence-corrected chi connectivity index (χ1v) is 7.60. The van der Waals surface area contributed by atoms with Gasteiger partial charge in [-0.2, -0.15) is 0 Å². The number of rotatable bonds is 10. The van der Waals surface area contributed by atoms with Gasteiger partial charge in [0.2, 0.25) is 5.91 Å². The van der Waals surface area contributed by atoms with E-state index in [1.165, 1.54) is 14.2 Å². The van der Waals surface area contributed by atoms with Crippen LogP contribution in [0.5, 0.6) is 11.5 Å². The number of carbonyl (C=O) groups excluding carboxylic acids is 2. The molecule has 1 aromatic carbocycles. The summed E-state index contributed by atoms with van der Waals surface area (Å²) in [5, 5.41) is 5.36. The Morgan fingerprint density at radius 2 is 1.92 bits per heavy atom. The van der Waals surface area contributed by atoms with Crippen LogP contribution in [0.1, 0.15) is 12.5 Å². The van der Waals surface area contributed by atoms with Gasteiger partial charge in [-0.1, -0.05) is 6.07 Å². The van der Waals surface area contributed by atoms with Gasteiger partial charge in [0, 0.05) is 20.2 Å². The molecule has 4 N–H and O–H groups in total. The van der Waals surface area contributed by atoms with Crippen molar-refractivity contribution in [3.05, 3.63) is 23.8 Å².